The second-order valence-electron chi connectivity index (χ2n) is 8.34. The standard InChI is InChI=1S/C23H36ClN3O2.HI/c1-3-25-22(27(2)12-7-19-8-13-28-14-9-19)26-18-23(10-15-29-16-11-23)20-5-4-6-21(24)17-20;/h4-6,17,19H,3,7-16,18H2,1-2H3,(H,25,26);1H. The van der Waals surface area contributed by atoms with Crippen molar-refractivity contribution in [3.05, 3.63) is 34.9 Å². The summed E-state index contributed by atoms with van der Waals surface area (Å²) in [6.07, 6.45) is 5.50. The lowest BCUT2D eigenvalue weighted by Gasteiger charge is -2.37. The van der Waals surface area contributed by atoms with E-state index in [9.17, 15) is 0 Å². The number of rotatable bonds is 7. The maximum atomic E-state index is 6.31. The fourth-order valence-electron chi connectivity index (χ4n) is 4.33. The minimum Gasteiger partial charge on any atom is -0.381 e. The molecule has 1 N–H and O–H groups in total. The molecule has 0 spiro atoms. The quantitative estimate of drug-likeness (QED) is 0.304. The van der Waals surface area contributed by atoms with Gasteiger partial charge in [0.25, 0.3) is 0 Å². The summed E-state index contributed by atoms with van der Waals surface area (Å²) in [5, 5.41) is 4.27. The van der Waals surface area contributed by atoms with Gasteiger partial charge in [0.15, 0.2) is 5.96 Å². The summed E-state index contributed by atoms with van der Waals surface area (Å²) in [6.45, 7) is 8.14. The van der Waals surface area contributed by atoms with Gasteiger partial charge in [-0.1, -0.05) is 23.7 Å². The number of nitrogens with zero attached hydrogens (tertiary/aromatic N) is 2. The topological polar surface area (TPSA) is 46.1 Å². The van der Waals surface area contributed by atoms with Gasteiger partial charge in [-0.3, -0.25) is 4.99 Å². The third kappa shape index (κ3) is 7.24. The molecule has 0 amide bonds. The lowest BCUT2D eigenvalue weighted by molar-refractivity contribution is 0.0529. The van der Waals surface area contributed by atoms with Crippen molar-refractivity contribution in [3.8, 4) is 0 Å². The van der Waals surface area contributed by atoms with E-state index in [0.29, 0.717) is 0 Å². The molecule has 0 aromatic heterocycles. The molecule has 7 heteroatoms. The number of ether oxygens (including phenoxy) is 2. The lowest BCUT2D eigenvalue weighted by atomic mass is 9.74. The SMILES string of the molecule is CCNC(=NCC1(c2cccc(Cl)c2)CCOCC1)N(C)CCC1CCOCC1.I. The molecule has 170 valence electrons. The molecule has 5 nitrogen and oxygen atoms in total. The van der Waals surface area contributed by atoms with E-state index in [0.717, 1.165) is 75.8 Å². The zero-order chi connectivity index (χ0) is 20.5. The van der Waals surface area contributed by atoms with Crippen molar-refractivity contribution in [2.45, 2.75) is 44.4 Å². The van der Waals surface area contributed by atoms with Crippen LogP contribution in [0.5, 0.6) is 0 Å². The van der Waals surface area contributed by atoms with Gasteiger partial charge >= 0.3 is 0 Å². The fourth-order valence-corrected chi connectivity index (χ4v) is 4.52. The maximum Gasteiger partial charge on any atom is 0.193 e. The van der Waals surface area contributed by atoms with E-state index in [1.807, 2.05) is 12.1 Å². The summed E-state index contributed by atoms with van der Waals surface area (Å²) in [5.41, 5.74) is 1.27. The van der Waals surface area contributed by atoms with Crippen LogP contribution in [0, 0.1) is 5.92 Å². The molecule has 0 atom stereocenters. The van der Waals surface area contributed by atoms with Crippen molar-refractivity contribution in [2.24, 2.45) is 10.9 Å². The predicted molar refractivity (Wildman–Crippen MR) is 135 cm³/mol. The van der Waals surface area contributed by atoms with E-state index in [4.69, 9.17) is 26.1 Å². The Kier molecular flexibility index (Phi) is 11.2. The molecule has 2 aliphatic heterocycles. The van der Waals surface area contributed by atoms with E-state index in [1.54, 1.807) is 0 Å². The smallest absolute Gasteiger partial charge is 0.193 e. The zero-order valence-corrected chi connectivity index (χ0v) is 21.5. The van der Waals surface area contributed by atoms with Gasteiger partial charge in [-0.25, -0.2) is 0 Å². The molecule has 2 saturated heterocycles. The van der Waals surface area contributed by atoms with Crippen LogP contribution in [0.2, 0.25) is 5.02 Å². The van der Waals surface area contributed by atoms with Crippen molar-refractivity contribution in [3.63, 3.8) is 0 Å². The first kappa shape index (κ1) is 25.7. The highest BCUT2D eigenvalue weighted by Gasteiger charge is 2.34. The fraction of sp³-hybridized carbons (Fsp3) is 0.696. The minimum atomic E-state index is -0.00856. The molecular weight excluding hydrogens is 513 g/mol. The summed E-state index contributed by atoms with van der Waals surface area (Å²) in [5.74, 6) is 1.76. The second kappa shape index (κ2) is 13.1. The Morgan fingerprint density at radius 2 is 1.90 bits per heavy atom. The van der Waals surface area contributed by atoms with Gasteiger partial charge in [-0.2, -0.15) is 0 Å². The first-order chi connectivity index (χ1) is 14.1. The maximum absolute atomic E-state index is 6.31. The lowest BCUT2D eigenvalue weighted by Crippen LogP contribution is -2.42. The Balaban J connectivity index is 0.00000320. The number of hydrogen-bond acceptors (Lipinski definition) is 3. The molecule has 1 aromatic rings. The van der Waals surface area contributed by atoms with Crippen molar-refractivity contribution < 1.29 is 9.47 Å². The minimum absolute atomic E-state index is 0. The number of guanidine groups is 1. The van der Waals surface area contributed by atoms with Crippen LogP contribution in [0.15, 0.2) is 29.3 Å². The van der Waals surface area contributed by atoms with Crippen LogP contribution in [-0.4, -0.2) is 64.0 Å². The third-order valence-electron chi connectivity index (χ3n) is 6.33. The van der Waals surface area contributed by atoms with Crippen molar-refractivity contribution >= 4 is 41.5 Å². The zero-order valence-electron chi connectivity index (χ0n) is 18.4. The Morgan fingerprint density at radius 3 is 2.57 bits per heavy atom. The summed E-state index contributed by atoms with van der Waals surface area (Å²) < 4.78 is 11.2. The first-order valence-electron chi connectivity index (χ1n) is 11.0. The molecule has 0 unspecified atom stereocenters. The molecule has 0 saturated carbocycles. The van der Waals surface area contributed by atoms with Gasteiger partial charge in [0.1, 0.15) is 0 Å². The summed E-state index contributed by atoms with van der Waals surface area (Å²) >= 11 is 6.31. The summed E-state index contributed by atoms with van der Waals surface area (Å²) in [7, 11) is 2.15. The molecule has 2 fully saturated rings. The summed E-state index contributed by atoms with van der Waals surface area (Å²) in [4.78, 5) is 7.37. The van der Waals surface area contributed by atoms with E-state index in [1.165, 1.54) is 24.8 Å². The van der Waals surface area contributed by atoms with Gasteiger partial charge in [0.2, 0.25) is 0 Å². The van der Waals surface area contributed by atoms with Crippen LogP contribution in [0.3, 0.4) is 0 Å². The number of nitrogens with one attached hydrogen (secondary N) is 1. The van der Waals surface area contributed by atoms with E-state index in [-0.39, 0.29) is 29.4 Å². The molecule has 0 radical (unpaired) electrons. The van der Waals surface area contributed by atoms with Crippen molar-refractivity contribution in [1.29, 1.82) is 0 Å². The molecule has 2 aliphatic rings. The largest absolute Gasteiger partial charge is 0.381 e. The van der Waals surface area contributed by atoms with Crippen LogP contribution in [0.4, 0.5) is 0 Å². The van der Waals surface area contributed by atoms with Gasteiger partial charge in [0, 0.05) is 57.0 Å². The highest BCUT2D eigenvalue weighted by molar-refractivity contribution is 14.0. The molecule has 0 aliphatic carbocycles. The normalized spacial score (nSPS) is 19.8. The van der Waals surface area contributed by atoms with Crippen LogP contribution < -0.4 is 5.32 Å². The molecule has 3 rings (SSSR count). The summed E-state index contributed by atoms with van der Waals surface area (Å²) in [6, 6.07) is 8.28. The third-order valence-corrected chi connectivity index (χ3v) is 6.56. The highest BCUT2D eigenvalue weighted by Crippen LogP contribution is 2.36. The van der Waals surface area contributed by atoms with Crippen LogP contribution in [0.1, 0.15) is 44.6 Å². The van der Waals surface area contributed by atoms with E-state index >= 15 is 0 Å². The average molecular weight is 550 g/mol. The Hall–Kier alpha value is -0.570. The van der Waals surface area contributed by atoms with E-state index in [2.05, 4.69) is 36.3 Å². The molecule has 1 aromatic carbocycles. The van der Waals surface area contributed by atoms with Gasteiger partial charge < -0.3 is 19.7 Å². The van der Waals surface area contributed by atoms with Crippen LogP contribution in [-0.2, 0) is 14.9 Å². The Morgan fingerprint density at radius 1 is 1.20 bits per heavy atom. The number of halogens is 2. The molecule has 30 heavy (non-hydrogen) atoms. The number of hydrogen-bond donors (Lipinski definition) is 1. The number of aliphatic imine (C=N–C) groups is 1. The van der Waals surface area contributed by atoms with Crippen LogP contribution >= 0.6 is 35.6 Å². The van der Waals surface area contributed by atoms with Gasteiger partial charge in [-0.05, 0) is 62.6 Å². The Bertz CT molecular complexity index is 662. The van der Waals surface area contributed by atoms with Gasteiger partial charge in [0.05, 0.1) is 6.54 Å². The number of benzene rings is 1. The monoisotopic (exact) mass is 549 g/mol. The average Bonchev–Trinajstić information content (AvgIpc) is 2.76. The van der Waals surface area contributed by atoms with Crippen molar-refractivity contribution in [1.82, 2.24) is 10.2 Å². The highest BCUT2D eigenvalue weighted by atomic mass is 127. The van der Waals surface area contributed by atoms with Gasteiger partial charge in [-0.15, -0.1) is 24.0 Å². The molecule has 0 bridgehead atoms. The molecule has 2 heterocycles. The van der Waals surface area contributed by atoms with E-state index < -0.39 is 0 Å². The van der Waals surface area contributed by atoms with Crippen LogP contribution in [0.25, 0.3) is 0 Å². The first-order valence-corrected chi connectivity index (χ1v) is 11.4. The second-order valence-corrected chi connectivity index (χ2v) is 8.78. The van der Waals surface area contributed by atoms with Crippen molar-refractivity contribution in [2.75, 3.05) is 53.1 Å². The Labute approximate surface area is 204 Å². The molecular formula is C23H37ClIN3O2. The predicted octanol–water partition coefficient (Wildman–Crippen LogP) is 4.72.